The van der Waals surface area contributed by atoms with Gasteiger partial charge in [0.2, 0.25) is 0 Å². The minimum Gasteiger partial charge on any atom is -0.484 e. The van der Waals surface area contributed by atoms with Crippen molar-refractivity contribution in [3.05, 3.63) is 82.3 Å². The fraction of sp³-hybridized carbons (Fsp3) is 0.0952. The van der Waals surface area contributed by atoms with Gasteiger partial charge in [-0.05, 0) is 73.2 Å². The Hall–Kier alpha value is -2.74. The highest BCUT2D eigenvalue weighted by atomic mass is 35.5. The Morgan fingerprint density at radius 2 is 1.57 bits per heavy atom. The first-order valence-corrected chi connectivity index (χ1v) is 11.0. The normalized spacial score (nSPS) is 11.0. The van der Waals surface area contributed by atoms with E-state index in [1.165, 1.54) is 24.3 Å². The topological polar surface area (TPSA) is 84.5 Å². The van der Waals surface area contributed by atoms with E-state index in [0.717, 1.165) is 5.56 Å². The molecule has 0 aliphatic heterocycles. The largest absolute Gasteiger partial charge is 0.484 e. The van der Waals surface area contributed by atoms with Crippen molar-refractivity contribution in [1.82, 2.24) is 0 Å². The van der Waals surface area contributed by atoms with Gasteiger partial charge in [0.15, 0.2) is 6.61 Å². The highest BCUT2D eigenvalue weighted by molar-refractivity contribution is 7.92. The summed E-state index contributed by atoms with van der Waals surface area (Å²) >= 11 is 11.8. The number of hydrogen-bond acceptors (Lipinski definition) is 4. The van der Waals surface area contributed by atoms with Gasteiger partial charge >= 0.3 is 0 Å². The number of carbonyl (C=O) groups excluding carboxylic acids is 1. The molecule has 0 heterocycles. The Morgan fingerprint density at radius 1 is 0.933 bits per heavy atom. The van der Waals surface area contributed by atoms with E-state index in [2.05, 4.69) is 10.0 Å². The molecule has 0 fully saturated rings. The lowest BCUT2D eigenvalue weighted by atomic mass is 10.2. The Morgan fingerprint density at radius 3 is 2.20 bits per heavy atom. The second-order valence-corrected chi connectivity index (χ2v) is 8.91. The van der Waals surface area contributed by atoms with Crippen molar-refractivity contribution >= 4 is 50.5 Å². The highest BCUT2D eigenvalue weighted by Gasteiger charge is 2.14. The Balaban J connectivity index is 1.57. The molecular weight excluding hydrogens is 447 g/mol. The smallest absolute Gasteiger partial charge is 0.262 e. The maximum absolute atomic E-state index is 12.5. The molecule has 6 nitrogen and oxygen atoms in total. The summed E-state index contributed by atoms with van der Waals surface area (Å²) in [5.41, 5.74) is 1.87. The Bertz CT molecular complexity index is 1150. The highest BCUT2D eigenvalue weighted by Crippen LogP contribution is 2.22. The van der Waals surface area contributed by atoms with E-state index >= 15 is 0 Å². The number of halogens is 2. The van der Waals surface area contributed by atoms with Crippen molar-refractivity contribution in [3.8, 4) is 5.75 Å². The van der Waals surface area contributed by atoms with Gasteiger partial charge in [0, 0.05) is 21.4 Å². The van der Waals surface area contributed by atoms with Crippen molar-refractivity contribution < 1.29 is 17.9 Å². The lowest BCUT2D eigenvalue weighted by Crippen LogP contribution is -2.20. The number of aryl methyl sites for hydroxylation is 1. The summed E-state index contributed by atoms with van der Waals surface area (Å²) in [7, 11) is -3.76. The molecule has 3 aromatic rings. The van der Waals surface area contributed by atoms with Crippen LogP contribution in [0.2, 0.25) is 10.0 Å². The number of benzene rings is 3. The van der Waals surface area contributed by atoms with Crippen LogP contribution in [0.15, 0.2) is 71.6 Å². The van der Waals surface area contributed by atoms with Crippen LogP contribution in [0.3, 0.4) is 0 Å². The van der Waals surface area contributed by atoms with Gasteiger partial charge in [0.25, 0.3) is 15.9 Å². The minimum absolute atomic E-state index is 0.0588. The molecule has 0 aromatic heterocycles. The van der Waals surface area contributed by atoms with Gasteiger partial charge in [0.1, 0.15) is 5.75 Å². The zero-order chi connectivity index (χ0) is 21.7. The van der Waals surface area contributed by atoms with Crippen LogP contribution in [0, 0.1) is 6.92 Å². The predicted molar refractivity (Wildman–Crippen MR) is 119 cm³/mol. The molecule has 3 aromatic carbocycles. The van der Waals surface area contributed by atoms with Crippen molar-refractivity contribution in [3.63, 3.8) is 0 Å². The average Bonchev–Trinajstić information content (AvgIpc) is 2.71. The summed E-state index contributed by atoms with van der Waals surface area (Å²) in [6.07, 6.45) is 0. The van der Waals surface area contributed by atoms with Gasteiger partial charge in [-0.25, -0.2) is 8.42 Å². The van der Waals surface area contributed by atoms with E-state index in [9.17, 15) is 13.2 Å². The molecule has 2 N–H and O–H groups in total. The summed E-state index contributed by atoms with van der Waals surface area (Å²) < 4.78 is 32.8. The van der Waals surface area contributed by atoms with Gasteiger partial charge in [-0.3, -0.25) is 9.52 Å². The van der Waals surface area contributed by atoms with Crippen LogP contribution in [0.5, 0.6) is 5.75 Å². The second-order valence-electron chi connectivity index (χ2n) is 6.38. The molecule has 0 radical (unpaired) electrons. The predicted octanol–water partition coefficient (Wildman–Crippen LogP) is 5.12. The van der Waals surface area contributed by atoms with E-state index in [4.69, 9.17) is 27.9 Å². The molecular formula is C21H18Cl2N2O4S. The Kier molecular flexibility index (Phi) is 6.87. The van der Waals surface area contributed by atoms with Crippen LogP contribution >= 0.6 is 23.2 Å². The van der Waals surface area contributed by atoms with Crippen LogP contribution < -0.4 is 14.8 Å². The molecule has 0 spiro atoms. The Labute approximate surface area is 184 Å². The number of anilines is 2. The molecule has 156 valence electrons. The van der Waals surface area contributed by atoms with Gasteiger partial charge in [-0.15, -0.1) is 0 Å². The lowest BCUT2D eigenvalue weighted by molar-refractivity contribution is -0.118. The number of carbonyl (C=O) groups is 1. The summed E-state index contributed by atoms with van der Waals surface area (Å²) in [5.74, 6) is -0.00597. The van der Waals surface area contributed by atoms with Crippen molar-refractivity contribution in [2.75, 3.05) is 16.6 Å². The molecule has 1 amide bonds. The van der Waals surface area contributed by atoms with Gasteiger partial charge in [-0.1, -0.05) is 29.3 Å². The quantitative estimate of drug-likeness (QED) is 0.507. The molecule has 0 unspecified atom stereocenters. The maximum Gasteiger partial charge on any atom is 0.262 e. The first-order chi connectivity index (χ1) is 14.2. The van der Waals surface area contributed by atoms with Crippen LogP contribution in [-0.2, 0) is 14.8 Å². The second kappa shape index (κ2) is 9.38. The summed E-state index contributed by atoms with van der Waals surface area (Å²) in [6, 6.07) is 17.3. The van der Waals surface area contributed by atoms with Gasteiger partial charge in [-0.2, -0.15) is 0 Å². The zero-order valence-corrected chi connectivity index (χ0v) is 18.2. The zero-order valence-electron chi connectivity index (χ0n) is 15.9. The third-order valence-corrected chi connectivity index (χ3v) is 6.11. The van der Waals surface area contributed by atoms with Crippen molar-refractivity contribution in [1.29, 1.82) is 0 Å². The average molecular weight is 465 g/mol. The maximum atomic E-state index is 12.5. The first kappa shape index (κ1) is 22.0. The summed E-state index contributed by atoms with van der Waals surface area (Å²) in [4.78, 5) is 12.1. The SMILES string of the molecule is Cc1ccc(NC(=O)COc2ccc(S(=O)(=O)Nc3ccc(Cl)cc3)cc2)cc1Cl. The number of hydrogen-bond donors (Lipinski definition) is 2. The van der Waals surface area contributed by atoms with Gasteiger partial charge < -0.3 is 10.1 Å². The third-order valence-electron chi connectivity index (χ3n) is 4.06. The molecule has 0 saturated heterocycles. The number of ether oxygens (including phenoxy) is 1. The molecule has 0 aliphatic carbocycles. The molecule has 30 heavy (non-hydrogen) atoms. The van der Waals surface area contributed by atoms with Crippen molar-refractivity contribution in [2.24, 2.45) is 0 Å². The van der Waals surface area contributed by atoms with Crippen molar-refractivity contribution in [2.45, 2.75) is 11.8 Å². The number of sulfonamides is 1. The molecule has 3 rings (SSSR count). The van der Waals surface area contributed by atoms with Crippen LogP contribution in [0.25, 0.3) is 0 Å². The monoisotopic (exact) mass is 464 g/mol. The van der Waals surface area contributed by atoms with E-state index in [-0.39, 0.29) is 17.4 Å². The molecule has 9 heteroatoms. The fourth-order valence-electron chi connectivity index (χ4n) is 2.46. The lowest BCUT2D eigenvalue weighted by Gasteiger charge is -2.10. The van der Waals surface area contributed by atoms with Crippen LogP contribution in [-0.4, -0.2) is 20.9 Å². The van der Waals surface area contributed by atoms with Crippen LogP contribution in [0.1, 0.15) is 5.56 Å². The van der Waals surface area contributed by atoms with E-state index in [0.29, 0.717) is 27.2 Å². The van der Waals surface area contributed by atoms with E-state index in [1.54, 1.807) is 42.5 Å². The number of amides is 1. The molecule has 0 atom stereocenters. The van der Waals surface area contributed by atoms with E-state index in [1.807, 2.05) is 6.92 Å². The van der Waals surface area contributed by atoms with Crippen LogP contribution in [0.4, 0.5) is 11.4 Å². The number of rotatable bonds is 7. The molecule has 0 saturated carbocycles. The first-order valence-electron chi connectivity index (χ1n) is 8.80. The minimum atomic E-state index is -3.76. The number of nitrogens with one attached hydrogen (secondary N) is 2. The molecule has 0 aliphatic rings. The molecule has 0 bridgehead atoms. The third kappa shape index (κ3) is 5.89. The summed E-state index contributed by atoms with van der Waals surface area (Å²) in [6.45, 7) is 1.63. The standard InChI is InChI=1S/C21H18Cl2N2O4S/c1-14-2-5-17(12-20(14)23)24-21(26)13-29-18-8-10-19(11-9-18)30(27,28)25-16-6-3-15(22)4-7-16/h2-12,25H,13H2,1H3,(H,24,26). The van der Waals surface area contributed by atoms with E-state index < -0.39 is 10.0 Å². The van der Waals surface area contributed by atoms with Gasteiger partial charge in [0.05, 0.1) is 4.90 Å². The summed E-state index contributed by atoms with van der Waals surface area (Å²) in [5, 5.41) is 3.75. The fourth-order valence-corrected chi connectivity index (χ4v) is 3.83.